The van der Waals surface area contributed by atoms with Crippen molar-refractivity contribution in [1.29, 1.82) is 0 Å². The Labute approximate surface area is 114 Å². The van der Waals surface area contributed by atoms with E-state index in [-0.39, 0.29) is 0 Å². The van der Waals surface area contributed by atoms with Crippen LogP contribution < -0.4 is 5.19 Å². The summed E-state index contributed by atoms with van der Waals surface area (Å²) in [5, 5.41) is 1.49. The van der Waals surface area contributed by atoms with Gasteiger partial charge in [-0.2, -0.15) is 0 Å². The fourth-order valence-electron chi connectivity index (χ4n) is 2.55. The van der Waals surface area contributed by atoms with E-state index in [1.54, 1.807) is 0 Å². The number of hydrogen-bond acceptors (Lipinski definition) is 2. The van der Waals surface area contributed by atoms with Crippen molar-refractivity contribution < 1.29 is 8.85 Å². The molecule has 0 aromatic heterocycles. The summed E-state index contributed by atoms with van der Waals surface area (Å²) < 4.78 is 12.0. The van der Waals surface area contributed by atoms with Gasteiger partial charge in [0.05, 0.1) is 8.07 Å². The number of hydrogen-bond donors (Lipinski definition) is 0. The summed E-state index contributed by atoms with van der Waals surface area (Å²) in [5.41, 5.74) is 1.12. The summed E-state index contributed by atoms with van der Waals surface area (Å²) >= 11 is 0. The van der Waals surface area contributed by atoms with Crippen LogP contribution in [0.5, 0.6) is 0 Å². The molecule has 0 radical (unpaired) electrons. The Kier molecular flexibility index (Phi) is 5.78. The van der Waals surface area contributed by atoms with Crippen LogP contribution in [0.2, 0.25) is 25.3 Å². The van der Waals surface area contributed by atoms with Crippen molar-refractivity contribution in [3.8, 4) is 0 Å². The van der Waals surface area contributed by atoms with E-state index < -0.39 is 16.6 Å². The van der Waals surface area contributed by atoms with Gasteiger partial charge >= 0.3 is 8.56 Å². The highest BCUT2D eigenvalue weighted by molar-refractivity contribution is 6.98. The minimum absolute atomic E-state index is 0.752. The van der Waals surface area contributed by atoms with Crippen LogP contribution >= 0.6 is 0 Å². The molecule has 0 fully saturated rings. The second kappa shape index (κ2) is 6.66. The molecular weight excluding hydrogens is 256 g/mol. The van der Waals surface area contributed by atoms with Gasteiger partial charge in [-0.15, -0.1) is 0 Å². The van der Waals surface area contributed by atoms with Crippen LogP contribution in [0.3, 0.4) is 0 Å². The van der Waals surface area contributed by atoms with Gasteiger partial charge in [-0.25, -0.2) is 0 Å². The molecule has 0 spiro atoms. The Morgan fingerprint density at radius 1 is 0.889 bits per heavy atom. The average molecular weight is 283 g/mol. The van der Waals surface area contributed by atoms with Gasteiger partial charge in [-0.1, -0.05) is 48.6 Å². The van der Waals surface area contributed by atoms with Crippen molar-refractivity contribution in [1.82, 2.24) is 0 Å². The van der Waals surface area contributed by atoms with Crippen LogP contribution in [0.4, 0.5) is 0 Å². The second-order valence-electron chi connectivity index (χ2n) is 5.43. The van der Waals surface area contributed by atoms with Crippen LogP contribution in [0.1, 0.15) is 13.8 Å². The maximum atomic E-state index is 5.98. The van der Waals surface area contributed by atoms with Crippen LogP contribution in [0.15, 0.2) is 30.3 Å². The molecule has 4 heteroatoms. The lowest BCUT2D eigenvalue weighted by Gasteiger charge is -2.33. The van der Waals surface area contributed by atoms with Crippen LogP contribution in [0.25, 0.3) is 0 Å². The first-order valence-corrected chi connectivity index (χ1v) is 12.5. The highest BCUT2D eigenvalue weighted by Crippen LogP contribution is 2.22. The zero-order valence-corrected chi connectivity index (χ0v) is 14.3. The Hall–Kier alpha value is -0.426. The molecule has 0 saturated carbocycles. The fraction of sp³-hybridized carbons (Fsp3) is 0.571. The van der Waals surface area contributed by atoms with E-state index in [2.05, 4.69) is 63.8 Å². The van der Waals surface area contributed by atoms with Gasteiger partial charge in [-0.05, 0) is 26.1 Å². The molecule has 0 aliphatic rings. The van der Waals surface area contributed by atoms with Crippen molar-refractivity contribution in [2.24, 2.45) is 0 Å². The van der Waals surface area contributed by atoms with E-state index >= 15 is 0 Å². The molecule has 1 aromatic rings. The van der Waals surface area contributed by atoms with Crippen LogP contribution in [-0.4, -0.2) is 29.8 Å². The van der Waals surface area contributed by atoms with Gasteiger partial charge in [0, 0.05) is 13.2 Å². The van der Waals surface area contributed by atoms with Gasteiger partial charge in [-0.3, -0.25) is 0 Å². The maximum Gasteiger partial charge on any atom is 0.332 e. The van der Waals surface area contributed by atoms with E-state index in [1.807, 2.05) is 0 Å². The van der Waals surface area contributed by atoms with Crippen LogP contribution in [0, 0.1) is 0 Å². The minimum Gasteiger partial charge on any atom is -0.395 e. The molecule has 102 valence electrons. The molecule has 0 aliphatic heterocycles. The molecule has 0 N–H and O–H groups in total. The zero-order valence-electron chi connectivity index (χ0n) is 12.3. The third-order valence-corrected chi connectivity index (χ3v) is 13.0. The molecule has 0 amide bonds. The molecule has 18 heavy (non-hydrogen) atoms. The molecular formula is C14H26O2Si2. The second-order valence-corrected chi connectivity index (χ2v) is 14.0. The summed E-state index contributed by atoms with van der Waals surface area (Å²) in [4.78, 5) is 0. The van der Waals surface area contributed by atoms with Gasteiger partial charge in [0.25, 0.3) is 0 Å². The molecule has 0 unspecified atom stereocenters. The normalized spacial score (nSPS) is 12.7. The van der Waals surface area contributed by atoms with Crippen molar-refractivity contribution in [2.45, 2.75) is 39.2 Å². The SMILES string of the molecule is CCO[Si](C)(C[Si](C)(C)c1ccccc1)OCC. The highest BCUT2D eigenvalue weighted by atomic mass is 28.4. The lowest BCUT2D eigenvalue weighted by atomic mass is 10.4. The molecule has 0 heterocycles. The Balaban J connectivity index is 2.85. The first-order chi connectivity index (χ1) is 8.43. The molecule has 0 aliphatic carbocycles. The van der Waals surface area contributed by atoms with E-state index in [0.717, 1.165) is 18.9 Å². The first-order valence-electron chi connectivity index (χ1n) is 6.77. The quantitative estimate of drug-likeness (QED) is 0.715. The van der Waals surface area contributed by atoms with Crippen molar-refractivity contribution in [2.75, 3.05) is 13.2 Å². The topological polar surface area (TPSA) is 18.5 Å². The largest absolute Gasteiger partial charge is 0.395 e. The fourth-order valence-corrected chi connectivity index (χ4v) is 13.0. The zero-order chi connectivity index (χ0) is 13.6. The third kappa shape index (κ3) is 4.35. The summed E-state index contributed by atoms with van der Waals surface area (Å²) in [6.07, 6.45) is 0. The van der Waals surface area contributed by atoms with Crippen molar-refractivity contribution >= 4 is 21.8 Å². The number of rotatable bonds is 7. The monoisotopic (exact) mass is 282 g/mol. The Morgan fingerprint density at radius 3 is 1.83 bits per heavy atom. The Morgan fingerprint density at radius 2 is 1.39 bits per heavy atom. The molecule has 1 rings (SSSR count). The van der Waals surface area contributed by atoms with Gasteiger partial charge < -0.3 is 8.85 Å². The molecule has 0 saturated heterocycles. The standard InChI is InChI=1S/C14H26O2Si2/c1-6-15-18(5,16-7-2)13-17(3,4)14-11-9-8-10-12-14/h8-12H,6-7,13H2,1-5H3. The average Bonchev–Trinajstić information content (AvgIpc) is 2.29. The first kappa shape index (κ1) is 15.6. The van der Waals surface area contributed by atoms with E-state index in [1.165, 1.54) is 5.19 Å². The molecule has 2 nitrogen and oxygen atoms in total. The van der Waals surface area contributed by atoms with Gasteiger partial charge in [0.15, 0.2) is 0 Å². The highest BCUT2D eigenvalue weighted by Gasteiger charge is 2.39. The van der Waals surface area contributed by atoms with E-state index in [9.17, 15) is 0 Å². The van der Waals surface area contributed by atoms with Crippen molar-refractivity contribution in [3.63, 3.8) is 0 Å². The lowest BCUT2D eigenvalue weighted by molar-refractivity contribution is 0.193. The van der Waals surface area contributed by atoms with E-state index in [0.29, 0.717) is 0 Å². The predicted molar refractivity (Wildman–Crippen MR) is 83.2 cm³/mol. The maximum absolute atomic E-state index is 5.98. The molecule has 1 aromatic carbocycles. The summed E-state index contributed by atoms with van der Waals surface area (Å²) in [7, 11) is -3.48. The molecule has 0 atom stereocenters. The molecule has 0 bridgehead atoms. The smallest absolute Gasteiger partial charge is 0.332 e. The van der Waals surface area contributed by atoms with Crippen LogP contribution in [-0.2, 0) is 8.85 Å². The summed E-state index contributed by atoms with van der Waals surface area (Å²) in [6.45, 7) is 12.6. The lowest BCUT2D eigenvalue weighted by Crippen LogP contribution is -2.52. The van der Waals surface area contributed by atoms with Crippen molar-refractivity contribution in [3.05, 3.63) is 30.3 Å². The summed E-state index contributed by atoms with van der Waals surface area (Å²) in [5.74, 6) is 0. The number of benzene rings is 1. The summed E-state index contributed by atoms with van der Waals surface area (Å²) in [6, 6.07) is 10.8. The Bertz CT molecular complexity index is 346. The minimum atomic E-state index is -2.01. The van der Waals surface area contributed by atoms with Gasteiger partial charge in [0.1, 0.15) is 0 Å². The van der Waals surface area contributed by atoms with E-state index in [4.69, 9.17) is 8.85 Å². The predicted octanol–water partition coefficient (Wildman–Crippen LogP) is 3.29. The van der Waals surface area contributed by atoms with Gasteiger partial charge in [0.2, 0.25) is 0 Å². The third-order valence-electron chi connectivity index (χ3n) is 3.22.